The van der Waals surface area contributed by atoms with Gasteiger partial charge in [-0.2, -0.15) is 4.90 Å². The van der Waals surface area contributed by atoms with Crippen LogP contribution in [0.1, 0.15) is 12.8 Å². The topological polar surface area (TPSA) is 156 Å². The zero-order valence-corrected chi connectivity index (χ0v) is 10.6. The molecule has 0 aromatic rings. The van der Waals surface area contributed by atoms with Crippen LogP contribution in [0.4, 0.5) is 19.2 Å². The van der Waals surface area contributed by atoms with Crippen LogP contribution in [0.2, 0.25) is 0 Å². The highest BCUT2D eigenvalue weighted by Crippen LogP contribution is 2.37. The summed E-state index contributed by atoms with van der Waals surface area (Å²) in [5.74, 6) is -1.16. The Morgan fingerprint density at radius 3 is 1.81 bits per heavy atom. The van der Waals surface area contributed by atoms with E-state index in [2.05, 4.69) is 0 Å². The quantitative estimate of drug-likeness (QED) is 0.532. The largest absolute Gasteiger partial charge is 0.465 e. The first-order valence-corrected chi connectivity index (χ1v) is 5.85. The van der Waals surface area contributed by atoms with E-state index in [-0.39, 0.29) is 35.7 Å². The predicted molar refractivity (Wildman–Crippen MR) is 61.7 cm³/mol. The molecule has 0 aromatic heterocycles. The molecule has 6 amide bonds. The minimum Gasteiger partial charge on any atom is -0.465 e. The van der Waals surface area contributed by atoms with Crippen LogP contribution in [0.15, 0.2) is 0 Å². The molecule has 0 radical (unpaired) electrons. The molecule has 0 bridgehead atoms. The summed E-state index contributed by atoms with van der Waals surface area (Å²) in [6, 6.07) is -1.45. The Kier molecular flexibility index (Phi) is 3.20. The number of hydrogen-bond acceptors (Lipinski definition) is 5. The summed E-state index contributed by atoms with van der Waals surface area (Å²) >= 11 is 0. The van der Waals surface area contributed by atoms with Gasteiger partial charge in [0, 0.05) is 13.1 Å². The molecule has 11 nitrogen and oxygen atoms in total. The van der Waals surface area contributed by atoms with Gasteiger partial charge in [-0.25, -0.2) is 24.1 Å². The van der Waals surface area contributed by atoms with Gasteiger partial charge in [-0.3, -0.25) is 4.79 Å². The average Bonchev–Trinajstić information content (AvgIpc) is 2.58. The molecule has 2 aliphatic heterocycles. The summed E-state index contributed by atoms with van der Waals surface area (Å²) in [5.41, 5.74) is -1.85. The molecule has 2 heterocycles. The van der Waals surface area contributed by atoms with Crippen molar-refractivity contribution in [1.82, 2.24) is 14.7 Å². The molecule has 21 heavy (non-hydrogen) atoms. The van der Waals surface area contributed by atoms with Gasteiger partial charge in [-0.15, -0.1) is 0 Å². The van der Waals surface area contributed by atoms with Crippen LogP contribution in [0.25, 0.3) is 0 Å². The Bertz CT molecular complexity index is 551. The zero-order valence-electron chi connectivity index (χ0n) is 10.6. The minimum atomic E-state index is -1.87. The maximum atomic E-state index is 12.2. The summed E-state index contributed by atoms with van der Waals surface area (Å²) < 4.78 is 0. The number of piperidine rings is 1. The van der Waals surface area contributed by atoms with Crippen LogP contribution in [0.5, 0.6) is 0 Å². The van der Waals surface area contributed by atoms with E-state index < -0.39 is 35.8 Å². The normalized spacial score (nSPS) is 21.0. The lowest BCUT2D eigenvalue weighted by molar-refractivity contribution is -0.133. The second-order valence-electron chi connectivity index (χ2n) is 4.62. The van der Waals surface area contributed by atoms with E-state index in [4.69, 9.17) is 15.3 Å². The Labute approximate surface area is 116 Å². The summed E-state index contributed by atoms with van der Waals surface area (Å²) in [6.07, 6.45) is -5.41. The molecule has 3 N–H and O–H groups in total. The average molecular weight is 301 g/mol. The Morgan fingerprint density at radius 2 is 1.43 bits per heavy atom. The molecule has 11 heteroatoms. The first-order valence-electron chi connectivity index (χ1n) is 5.85. The molecular formula is C10H11N3O8. The van der Waals surface area contributed by atoms with Gasteiger partial charge in [-0.05, 0) is 12.8 Å². The van der Waals surface area contributed by atoms with Gasteiger partial charge in [0.15, 0.2) is 0 Å². The van der Waals surface area contributed by atoms with Crippen LogP contribution < -0.4 is 0 Å². The predicted octanol–water partition coefficient (Wildman–Crippen LogP) is 0.119. The van der Waals surface area contributed by atoms with Gasteiger partial charge in [0.05, 0.1) is 0 Å². The van der Waals surface area contributed by atoms with Crippen LogP contribution in [0.3, 0.4) is 0 Å². The highest BCUT2D eigenvalue weighted by atomic mass is 16.4. The van der Waals surface area contributed by atoms with Crippen molar-refractivity contribution in [1.29, 1.82) is 0 Å². The molecule has 2 fully saturated rings. The second kappa shape index (κ2) is 4.61. The van der Waals surface area contributed by atoms with Gasteiger partial charge >= 0.3 is 24.3 Å². The van der Waals surface area contributed by atoms with E-state index in [0.29, 0.717) is 0 Å². The first-order chi connectivity index (χ1) is 9.72. The fraction of sp³-hybridized carbons (Fsp3) is 0.500. The third-order valence-electron chi connectivity index (χ3n) is 3.66. The van der Waals surface area contributed by atoms with Crippen LogP contribution in [-0.4, -0.2) is 78.9 Å². The molecule has 2 saturated heterocycles. The fourth-order valence-corrected chi connectivity index (χ4v) is 2.61. The van der Waals surface area contributed by atoms with Crippen molar-refractivity contribution in [2.75, 3.05) is 13.1 Å². The SMILES string of the molecule is O=C(O)N1CCC2(CC1)C(=O)N(C(=O)O)C(=O)N2C(=O)O. The van der Waals surface area contributed by atoms with E-state index in [0.717, 1.165) is 4.90 Å². The number of carbonyl (C=O) groups excluding carboxylic acids is 2. The maximum absolute atomic E-state index is 12.2. The lowest BCUT2D eigenvalue weighted by atomic mass is 9.86. The number of likely N-dealkylation sites (tertiary alicyclic amines) is 1. The number of carboxylic acid groups (broad SMARTS) is 3. The van der Waals surface area contributed by atoms with Crippen molar-refractivity contribution in [2.45, 2.75) is 18.4 Å². The van der Waals surface area contributed by atoms with Gasteiger partial charge in [0.25, 0.3) is 5.91 Å². The summed E-state index contributed by atoms with van der Waals surface area (Å²) in [7, 11) is 0. The summed E-state index contributed by atoms with van der Waals surface area (Å²) in [6.45, 7) is -0.350. The van der Waals surface area contributed by atoms with Gasteiger partial charge in [0.2, 0.25) is 0 Å². The minimum absolute atomic E-state index is 0.148. The molecule has 0 aliphatic carbocycles. The third kappa shape index (κ3) is 1.93. The lowest BCUT2D eigenvalue weighted by Crippen LogP contribution is -2.58. The molecule has 2 aliphatic rings. The number of imide groups is 4. The highest BCUT2D eigenvalue weighted by molar-refractivity contribution is 6.20. The number of carbonyl (C=O) groups is 5. The summed E-state index contributed by atoms with van der Waals surface area (Å²) in [4.78, 5) is 58.0. The van der Waals surface area contributed by atoms with E-state index >= 15 is 0 Å². The zero-order chi connectivity index (χ0) is 15.9. The molecule has 1 spiro atoms. The van der Waals surface area contributed by atoms with Crippen molar-refractivity contribution in [3.63, 3.8) is 0 Å². The van der Waals surface area contributed by atoms with Crippen LogP contribution >= 0.6 is 0 Å². The number of rotatable bonds is 0. The Balaban J connectivity index is 2.39. The van der Waals surface area contributed by atoms with Crippen molar-refractivity contribution < 1.29 is 39.3 Å². The van der Waals surface area contributed by atoms with Gasteiger partial charge in [-0.1, -0.05) is 0 Å². The molecule has 0 saturated carbocycles. The summed E-state index contributed by atoms with van der Waals surface area (Å²) in [5, 5.41) is 26.8. The van der Waals surface area contributed by atoms with Crippen LogP contribution in [-0.2, 0) is 4.79 Å². The first kappa shape index (κ1) is 14.6. The molecule has 2 rings (SSSR count). The maximum Gasteiger partial charge on any atom is 0.422 e. The Morgan fingerprint density at radius 1 is 0.905 bits per heavy atom. The molecular weight excluding hydrogens is 290 g/mol. The lowest BCUT2D eigenvalue weighted by Gasteiger charge is -2.38. The van der Waals surface area contributed by atoms with Gasteiger partial charge < -0.3 is 20.2 Å². The highest BCUT2D eigenvalue weighted by Gasteiger charge is 2.63. The van der Waals surface area contributed by atoms with E-state index in [9.17, 15) is 24.0 Å². The standard InChI is InChI=1S/C10H11N3O8/c14-5-10(1-3-11(4-2-10)7(16)17)13(9(20)21)6(15)12(5)8(18)19/h1-4H2,(H,16,17)(H,18,19)(H,20,21). The van der Waals surface area contributed by atoms with E-state index in [1.54, 1.807) is 0 Å². The monoisotopic (exact) mass is 301 g/mol. The second-order valence-corrected chi connectivity index (χ2v) is 4.62. The molecule has 0 atom stereocenters. The van der Waals surface area contributed by atoms with Crippen molar-refractivity contribution >= 4 is 30.2 Å². The van der Waals surface area contributed by atoms with Crippen molar-refractivity contribution in [3.05, 3.63) is 0 Å². The van der Waals surface area contributed by atoms with E-state index in [1.807, 2.05) is 0 Å². The Hall–Kier alpha value is -2.85. The third-order valence-corrected chi connectivity index (χ3v) is 3.66. The molecule has 0 unspecified atom stereocenters. The van der Waals surface area contributed by atoms with E-state index in [1.165, 1.54) is 0 Å². The number of urea groups is 1. The number of hydrogen-bond donors (Lipinski definition) is 3. The van der Waals surface area contributed by atoms with Crippen molar-refractivity contribution in [3.8, 4) is 0 Å². The number of amides is 6. The van der Waals surface area contributed by atoms with Crippen LogP contribution in [0, 0.1) is 0 Å². The number of nitrogens with zero attached hydrogens (tertiary/aromatic N) is 3. The van der Waals surface area contributed by atoms with Gasteiger partial charge in [0.1, 0.15) is 5.54 Å². The molecule has 0 aromatic carbocycles. The smallest absolute Gasteiger partial charge is 0.422 e. The van der Waals surface area contributed by atoms with Crippen molar-refractivity contribution in [2.24, 2.45) is 0 Å². The molecule has 114 valence electrons. The fourth-order valence-electron chi connectivity index (χ4n) is 2.61.